The summed E-state index contributed by atoms with van der Waals surface area (Å²) in [7, 11) is 0. The number of pyridine rings is 1. The molecule has 1 saturated carbocycles. The molecule has 0 spiro atoms. The number of anilines is 1. The van der Waals surface area contributed by atoms with Crippen molar-refractivity contribution in [3.8, 4) is 0 Å². The normalized spacial score (nSPS) is 16.8. The molecule has 6 heteroatoms. The lowest BCUT2D eigenvalue weighted by Gasteiger charge is -2.28. The summed E-state index contributed by atoms with van der Waals surface area (Å²) in [4.78, 5) is 3.86. The summed E-state index contributed by atoms with van der Waals surface area (Å²) in [6.07, 6.45) is -0.922. The molecule has 1 aliphatic rings. The minimum atomic E-state index is -4.40. The van der Waals surface area contributed by atoms with Gasteiger partial charge in [-0.2, -0.15) is 13.2 Å². The Kier molecular flexibility index (Phi) is 3.34. The molecule has 0 bridgehead atoms. The van der Waals surface area contributed by atoms with E-state index in [0.29, 0.717) is 10.4 Å². The van der Waals surface area contributed by atoms with Crippen LogP contribution in [0.4, 0.5) is 19.0 Å². The van der Waals surface area contributed by atoms with E-state index in [9.17, 15) is 13.2 Å². The van der Waals surface area contributed by atoms with E-state index in [1.54, 1.807) is 0 Å². The van der Waals surface area contributed by atoms with Crippen LogP contribution in [0.5, 0.6) is 0 Å². The first-order valence-corrected chi connectivity index (χ1v) is 6.50. The van der Waals surface area contributed by atoms with E-state index < -0.39 is 11.7 Å². The molecule has 1 aromatic heterocycles. The van der Waals surface area contributed by atoms with E-state index in [0.717, 1.165) is 18.9 Å². The van der Waals surface area contributed by atoms with Crippen molar-refractivity contribution in [3.63, 3.8) is 0 Å². The Labute approximate surface area is 112 Å². The van der Waals surface area contributed by atoms with Crippen molar-refractivity contribution in [3.05, 3.63) is 22.3 Å². The van der Waals surface area contributed by atoms with E-state index >= 15 is 0 Å². The molecule has 18 heavy (non-hydrogen) atoms. The van der Waals surface area contributed by atoms with Crippen LogP contribution in [0.1, 0.15) is 32.3 Å². The average molecular weight is 323 g/mol. The van der Waals surface area contributed by atoms with Crippen molar-refractivity contribution in [1.29, 1.82) is 0 Å². The number of hydrogen-bond acceptors (Lipinski definition) is 2. The zero-order valence-corrected chi connectivity index (χ0v) is 11.7. The molecule has 1 aromatic rings. The number of alkyl halides is 3. The quantitative estimate of drug-likeness (QED) is 0.888. The maximum absolute atomic E-state index is 12.9. The smallest absolute Gasteiger partial charge is 0.364 e. The fourth-order valence-corrected chi connectivity index (χ4v) is 2.30. The third-order valence-electron chi connectivity index (χ3n) is 3.20. The number of nitrogens with zero attached hydrogens (tertiary/aromatic N) is 1. The van der Waals surface area contributed by atoms with E-state index in [2.05, 4.69) is 26.2 Å². The Morgan fingerprint density at radius 3 is 2.44 bits per heavy atom. The van der Waals surface area contributed by atoms with Gasteiger partial charge in [0.05, 0.1) is 5.56 Å². The van der Waals surface area contributed by atoms with Gasteiger partial charge in [0.1, 0.15) is 5.82 Å². The van der Waals surface area contributed by atoms with Gasteiger partial charge >= 0.3 is 6.18 Å². The number of hydrogen-bond donors (Lipinski definition) is 1. The molecule has 2 nitrogen and oxygen atoms in total. The molecule has 100 valence electrons. The lowest BCUT2D eigenvalue weighted by molar-refractivity contribution is -0.137. The van der Waals surface area contributed by atoms with Crippen LogP contribution in [-0.2, 0) is 6.18 Å². The Morgan fingerprint density at radius 1 is 1.33 bits per heavy atom. The molecular weight excluding hydrogens is 309 g/mol. The summed E-state index contributed by atoms with van der Waals surface area (Å²) in [5.41, 5.74) is -1.09. The van der Waals surface area contributed by atoms with Crippen molar-refractivity contribution in [2.24, 2.45) is 5.92 Å². The van der Waals surface area contributed by atoms with Gasteiger partial charge in [-0.1, -0.05) is 0 Å². The molecule has 2 rings (SSSR count). The molecule has 0 amide bonds. The second-order valence-corrected chi connectivity index (χ2v) is 6.08. The number of halogens is 4. The SMILES string of the molecule is CC(C)(Nc1ncc(Br)cc1C(F)(F)F)C1CC1. The van der Waals surface area contributed by atoms with E-state index in [1.807, 2.05) is 13.8 Å². The zero-order valence-electron chi connectivity index (χ0n) is 10.1. The highest BCUT2D eigenvalue weighted by atomic mass is 79.9. The van der Waals surface area contributed by atoms with Crippen LogP contribution < -0.4 is 5.32 Å². The van der Waals surface area contributed by atoms with Crippen LogP contribution in [-0.4, -0.2) is 10.5 Å². The molecule has 1 N–H and O–H groups in total. The fraction of sp³-hybridized carbons (Fsp3) is 0.583. The van der Waals surface area contributed by atoms with Crippen LogP contribution in [0.2, 0.25) is 0 Å². The molecule has 1 heterocycles. The Bertz CT molecular complexity index is 453. The molecule has 0 unspecified atom stereocenters. The molecule has 0 aliphatic heterocycles. The van der Waals surface area contributed by atoms with Gasteiger partial charge in [0.15, 0.2) is 0 Å². The third kappa shape index (κ3) is 2.96. The fourth-order valence-electron chi connectivity index (χ4n) is 1.97. The second-order valence-electron chi connectivity index (χ2n) is 5.17. The minimum Gasteiger partial charge on any atom is -0.364 e. The van der Waals surface area contributed by atoms with Crippen LogP contribution >= 0.6 is 15.9 Å². The van der Waals surface area contributed by atoms with Crippen LogP contribution in [0.25, 0.3) is 0 Å². The van der Waals surface area contributed by atoms with Crippen molar-refractivity contribution < 1.29 is 13.2 Å². The van der Waals surface area contributed by atoms with E-state index in [1.165, 1.54) is 6.20 Å². The van der Waals surface area contributed by atoms with Gasteiger partial charge in [-0.25, -0.2) is 4.98 Å². The predicted molar refractivity (Wildman–Crippen MR) is 67.4 cm³/mol. The number of rotatable bonds is 3. The van der Waals surface area contributed by atoms with Gasteiger partial charge in [-0.3, -0.25) is 0 Å². The lowest BCUT2D eigenvalue weighted by Crippen LogP contribution is -2.34. The summed E-state index contributed by atoms with van der Waals surface area (Å²) in [5.74, 6) is 0.326. The first-order valence-electron chi connectivity index (χ1n) is 5.71. The second kappa shape index (κ2) is 4.40. The molecule has 1 aliphatic carbocycles. The Hall–Kier alpha value is -0.780. The number of nitrogens with one attached hydrogen (secondary N) is 1. The summed E-state index contributed by atoms with van der Waals surface area (Å²) in [6.45, 7) is 3.82. The molecule has 0 radical (unpaired) electrons. The summed E-state index contributed by atoms with van der Waals surface area (Å²) in [5, 5.41) is 2.93. The highest BCUT2D eigenvalue weighted by molar-refractivity contribution is 9.10. The van der Waals surface area contributed by atoms with Crippen LogP contribution in [0.15, 0.2) is 16.7 Å². The van der Waals surface area contributed by atoms with Gasteiger partial charge in [-0.15, -0.1) is 0 Å². The van der Waals surface area contributed by atoms with Gasteiger partial charge in [0, 0.05) is 16.2 Å². The highest BCUT2D eigenvalue weighted by Crippen LogP contribution is 2.43. The van der Waals surface area contributed by atoms with Gasteiger partial charge in [0.25, 0.3) is 0 Å². The lowest BCUT2D eigenvalue weighted by atomic mass is 9.98. The summed E-state index contributed by atoms with van der Waals surface area (Å²) >= 11 is 3.02. The van der Waals surface area contributed by atoms with Crippen LogP contribution in [0.3, 0.4) is 0 Å². The Morgan fingerprint density at radius 2 is 1.94 bits per heavy atom. The molecule has 0 saturated heterocycles. The van der Waals surface area contributed by atoms with Crippen molar-refractivity contribution in [2.75, 3.05) is 5.32 Å². The van der Waals surface area contributed by atoms with E-state index in [-0.39, 0.29) is 11.4 Å². The van der Waals surface area contributed by atoms with E-state index in [4.69, 9.17) is 0 Å². The number of aromatic nitrogens is 1. The largest absolute Gasteiger partial charge is 0.419 e. The first kappa shape index (κ1) is 13.6. The van der Waals surface area contributed by atoms with Gasteiger partial charge < -0.3 is 5.32 Å². The van der Waals surface area contributed by atoms with Crippen molar-refractivity contribution in [1.82, 2.24) is 4.98 Å². The van der Waals surface area contributed by atoms with Gasteiger partial charge in [0.2, 0.25) is 0 Å². The molecule has 1 fully saturated rings. The molecule has 0 atom stereocenters. The zero-order chi connectivity index (χ0) is 13.6. The standard InChI is InChI=1S/C12H14BrF3N2/c1-11(2,7-3-4-7)18-10-9(12(14,15)16)5-8(13)6-17-10/h5-7H,3-4H2,1-2H3,(H,17,18). The van der Waals surface area contributed by atoms with Crippen molar-refractivity contribution >= 4 is 21.7 Å². The first-order chi connectivity index (χ1) is 8.20. The maximum Gasteiger partial charge on any atom is 0.419 e. The van der Waals surface area contributed by atoms with Crippen LogP contribution in [0, 0.1) is 5.92 Å². The monoisotopic (exact) mass is 322 g/mol. The Balaban J connectivity index is 2.32. The molecular formula is C12H14BrF3N2. The third-order valence-corrected chi connectivity index (χ3v) is 3.63. The van der Waals surface area contributed by atoms with Gasteiger partial charge in [-0.05, 0) is 54.6 Å². The average Bonchev–Trinajstić information content (AvgIpc) is 3.02. The predicted octanol–water partition coefficient (Wildman–Crippen LogP) is 4.46. The molecule has 0 aromatic carbocycles. The maximum atomic E-state index is 12.9. The topological polar surface area (TPSA) is 24.9 Å². The highest BCUT2D eigenvalue weighted by Gasteiger charge is 2.41. The summed E-state index contributed by atoms with van der Waals surface area (Å²) in [6, 6.07) is 1.05. The minimum absolute atomic E-state index is 0.0948. The summed E-state index contributed by atoms with van der Waals surface area (Å²) < 4.78 is 39.1. The van der Waals surface area contributed by atoms with Crippen molar-refractivity contribution in [2.45, 2.75) is 38.4 Å².